The number of carbonyl (C=O) groups is 2. The van der Waals surface area contributed by atoms with Gasteiger partial charge in [-0.1, -0.05) is 44.4 Å². The van der Waals surface area contributed by atoms with Crippen LogP contribution in [0.3, 0.4) is 0 Å². The summed E-state index contributed by atoms with van der Waals surface area (Å²) in [7, 11) is -3.59. The monoisotopic (exact) mass is 469 g/mol. The van der Waals surface area contributed by atoms with Gasteiger partial charge >= 0.3 is 0 Å². The summed E-state index contributed by atoms with van der Waals surface area (Å²) in [6.45, 7) is 2.37. The molecule has 0 aromatic heterocycles. The first-order chi connectivity index (χ1) is 15.9. The van der Waals surface area contributed by atoms with Crippen molar-refractivity contribution in [1.29, 1.82) is 0 Å². The van der Waals surface area contributed by atoms with Crippen LogP contribution < -0.4 is 14.9 Å². The minimum absolute atomic E-state index is 0.0104. The molecule has 1 saturated carbocycles. The lowest BCUT2D eigenvalue weighted by molar-refractivity contribution is -0.122. The lowest BCUT2D eigenvalue weighted by atomic mass is 9.96. The Morgan fingerprint density at radius 2 is 1.73 bits per heavy atom. The van der Waals surface area contributed by atoms with Crippen LogP contribution in [0.1, 0.15) is 51.0 Å². The van der Waals surface area contributed by atoms with E-state index in [0.29, 0.717) is 12.2 Å². The molecule has 7 nitrogen and oxygen atoms in total. The summed E-state index contributed by atoms with van der Waals surface area (Å²) in [5, 5.41) is 2.83. The number of para-hydroxylation sites is 1. The maximum atomic E-state index is 12.8. The van der Waals surface area contributed by atoms with E-state index in [1.165, 1.54) is 12.1 Å². The second-order valence-electron chi connectivity index (χ2n) is 8.86. The Hall–Kier alpha value is -2.71. The molecule has 2 aromatic rings. The molecule has 2 amide bonds. The van der Waals surface area contributed by atoms with Gasteiger partial charge in [0.2, 0.25) is 21.8 Å². The second kappa shape index (κ2) is 10.1. The fourth-order valence-corrected chi connectivity index (χ4v) is 5.96. The summed E-state index contributed by atoms with van der Waals surface area (Å²) in [6.07, 6.45) is 5.94. The van der Waals surface area contributed by atoms with Crippen LogP contribution in [-0.2, 0) is 26.0 Å². The first kappa shape index (κ1) is 23.4. The number of amides is 2. The molecule has 0 bridgehead atoms. The fraction of sp³-hybridized carbons (Fsp3) is 0.440. The third kappa shape index (κ3) is 5.45. The second-order valence-corrected chi connectivity index (χ2v) is 10.6. The number of nitrogens with zero attached hydrogens (tertiary/aromatic N) is 1. The van der Waals surface area contributed by atoms with E-state index >= 15 is 0 Å². The van der Waals surface area contributed by atoms with Gasteiger partial charge in [-0.25, -0.2) is 13.1 Å². The van der Waals surface area contributed by atoms with Crippen molar-refractivity contribution in [1.82, 2.24) is 4.72 Å². The Morgan fingerprint density at radius 1 is 1.03 bits per heavy atom. The molecule has 2 fully saturated rings. The van der Waals surface area contributed by atoms with E-state index in [-0.39, 0.29) is 29.2 Å². The summed E-state index contributed by atoms with van der Waals surface area (Å²) in [6, 6.07) is 13.9. The average Bonchev–Trinajstić information content (AvgIpc) is 3.21. The van der Waals surface area contributed by atoms with Crippen LogP contribution in [0.2, 0.25) is 0 Å². The quantitative estimate of drug-likeness (QED) is 0.644. The van der Waals surface area contributed by atoms with Crippen LogP contribution in [0, 0.1) is 5.92 Å². The summed E-state index contributed by atoms with van der Waals surface area (Å²) >= 11 is 0. The van der Waals surface area contributed by atoms with Crippen LogP contribution in [-0.4, -0.2) is 32.8 Å². The molecule has 176 valence electrons. The molecular weight excluding hydrogens is 438 g/mol. The molecule has 4 rings (SSSR count). The number of aryl methyl sites for hydroxylation is 1. The van der Waals surface area contributed by atoms with Crippen LogP contribution in [0.5, 0.6) is 0 Å². The number of sulfonamides is 1. The summed E-state index contributed by atoms with van der Waals surface area (Å²) in [5.41, 5.74) is 2.45. The van der Waals surface area contributed by atoms with E-state index in [1.807, 2.05) is 31.2 Å². The Morgan fingerprint density at radius 3 is 2.42 bits per heavy atom. The minimum Gasteiger partial charge on any atom is -0.326 e. The summed E-state index contributed by atoms with van der Waals surface area (Å²) in [4.78, 5) is 27.3. The van der Waals surface area contributed by atoms with Gasteiger partial charge in [0.25, 0.3) is 0 Å². The molecule has 1 atom stereocenters. The van der Waals surface area contributed by atoms with Gasteiger partial charge < -0.3 is 10.2 Å². The van der Waals surface area contributed by atoms with Crippen molar-refractivity contribution in [2.45, 2.75) is 62.8 Å². The molecule has 1 aliphatic carbocycles. The summed E-state index contributed by atoms with van der Waals surface area (Å²) in [5.74, 6) is -0.763. The van der Waals surface area contributed by atoms with Gasteiger partial charge in [-0.2, -0.15) is 0 Å². The molecule has 8 heteroatoms. The van der Waals surface area contributed by atoms with E-state index in [2.05, 4.69) is 10.0 Å². The molecular formula is C25H31N3O4S. The minimum atomic E-state index is -3.59. The molecule has 0 spiro atoms. The molecule has 33 heavy (non-hydrogen) atoms. The zero-order chi connectivity index (χ0) is 23.4. The Labute approximate surface area is 195 Å². The van der Waals surface area contributed by atoms with Gasteiger partial charge in [-0.3, -0.25) is 9.59 Å². The zero-order valence-electron chi connectivity index (χ0n) is 18.9. The molecule has 2 aromatic carbocycles. The van der Waals surface area contributed by atoms with Crippen LogP contribution in [0.15, 0.2) is 53.4 Å². The molecule has 2 aliphatic rings. The van der Waals surface area contributed by atoms with Crippen molar-refractivity contribution in [3.05, 3.63) is 54.1 Å². The third-order valence-electron chi connectivity index (χ3n) is 6.52. The predicted octanol–water partition coefficient (Wildman–Crippen LogP) is 3.85. The number of rotatable bonds is 7. The van der Waals surface area contributed by atoms with Gasteiger partial charge in [-0.05, 0) is 55.2 Å². The number of hydrogen-bond donors (Lipinski definition) is 2. The number of benzene rings is 2. The Kier molecular flexibility index (Phi) is 7.14. The van der Waals surface area contributed by atoms with Gasteiger partial charge in [0.15, 0.2) is 0 Å². The smallest absolute Gasteiger partial charge is 0.240 e. The maximum absolute atomic E-state index is 12.8. The van der Waals surface area contributed by atoms with E-state index < -0.39 is 15.9 Å². The van der Waals surface area contributed by atoms with Crippen molar-refractivity contribution in [2.75, 3.05) is 16.8 Å². The molecule has 1 unspecified atom stereocenters. The molecule has 1 saturated heterocycles. The predicted molar refractivity (Wildman–Crippen MR) is 129 cm³/mol. The fourth-order valence-electron chi connectivity index (χ4n) is 4.66. The molecule has 2 N–H and O–H groups in total. The highest BCUT2D eigenvalue weighted by molar-refractivity contribution is 7.89. The van der Waals surface area contributed by atoms with Crippen molar-refractivity contribution in [2.24, 2.45) is 5.92 Å². The average molecular weight is 470 g/mol. The number of anilines is 2. The number of nitrogens with one attached hydrogen (secondary N) is 2. The van der Waals surface area contributed by atoms with Crippen molar-refractivity contribution >= 4 is 33.2 Å². The first-order valence-electron chi connectivity index (χ1n) is 11.7. The lowest BCUT2D eigenvalue weighted by Crippen LogP contribution is -2.36. The number of hydrogen-bond acceptors (Lipinski definition) is 4. The Balaban J connectivity index is 1.38. The molecule has 0 radical (unpaired) electrons. The van der Waals surface area contributed by atoms with Crippen LogP contribution >= 0.6 is 0 Å². The lowest BCUT2D eigenvalue weighted by Gasteiger charge is -2.22. The highest BCUT2D eigenvalue weighted by Crippen LogP contribution is 2.29. The zero-order valence-corrected chi connectivity index (χ0v) is 19.7. The Bertz CT molecular complexity index is 1110. The van der Waals surface area contributed by atoms with Crippen LogP contribution in [0.4, 0.5) is 11.4 Å². The summed E-state index contributed by atoms with van der Waals surface area (Å²) < 4.78 is 28.1. The van der Waals surface area contributed by atoms with Crippen molar-refractivity contribution < 1.29 is 18.0 Å². The maximum Gasteiger partial charge on any atom is 0.240 e. The van der Waals surface area contributed by atoms with Crippen molar-refractivity contribution in [3.8, 4) is 0 Å². The highest BCUT2D eigenvalue weighted by Gasteiger charge is 2.35. The first-order valence-corrected chi connectivity index (χ1v) is 13.2. The molecule has 1 heterocycles. The SMILES string of the molecule is CCc1ccccc1N1CC(C(=O)Nc2ccc(S(=O)(=O)NC3CCCCC3)cc2)CC1=O. The normalized spacial score (nSPS) is 19.6. The topological polar surface area (TPSA) is 95.6 Å². The van der Waals surface area contributed by atoms with E-state index in [9.17, 15) is 18.0 Å². The van der Waals surface area contributed by atoms with Gasteiger partial charge in [0.05, 0.1) is 10.8 Å². The van der Waals surface area contributed by atoms with Gasteiger partial charge in [0, 0.05) is 30.4 Å². The van der Waals surface area contributed by atoms with Gasteiger partial charge in [-0.15, -0.1) is 0 Å². The number of carbonyl (C=O) groups excluding carboxylic acids is 2. The largest absolute Gasteiger partial charge is 0.326 e. The van der Waals surface area contributed by atoms with Crippen molar-refractivity contribution in [3.63, 3.8) is 0 Å². The highest BCUT2D eigenvalue weighted by atomic mass is 32.2. The van der Waals surface area contributed by atoms with E-state index in [4.69, 9.17) is 0 Å². The van der Waals surface area contributed by atoms with E-state index in [0.717, 1.165) is 49.8 Å². The molecule has 1 aliphatic heterocycles. The van der Waals surface area contributed by atoms with E-state index in [1.54, 1.807) is 17.0 Å². The van der Waals surface area contributed by atoms with Crippen LogP contribution in [0.25, 0.3) is 0 Å². The van der Waals surface area contributed by atoms with Gasteiger partial charge in [0.1, 0.15) is 0 Å². The standard InChI is InChI=1S/C25H31N3O4S/c1-2-18-8-6-7-11-23(18)28-17-19(16-24(28)29)25(30)26-20-12-14-22(15-13-20)33(31,32)27-21-9-4-3-5-10-21/h6-8,11-15,19,21,27H,2-5,9-10,16-17H2,1H3,(H,26,30). The third-order valence-corrected chi connectivity index (χ3v) is 8.05.